The molecule has 116 valence electrons. The Labute approximate surface area is 129 Å². The van der Waals surface area contributed by atoms with Crippen LogP contribution >= 0.6 is 0 Å². The maximum absolute atomic E-state index is 3.78. The molecule has 3 rings (SSSR count). The molecule has 1 saturated heterocycles. The summed E-state index contributed by atoms with van der Waals surface area (Å²) in [7, 11) is 0. The van der Waals surface area contributed by atoms with Gasteiger partial charge in [-0.15, -0.1) is 0 Å². The van der Waals surface area contributed by atoms with Gasteiger partial charge in [0.05, 0.1) is 0 Å². The van der Waals surface area contributed by atoms with Crippen LogP contribution in [0.25, 0.3) is 0 Å². The van der Waals surface area contributed by atoms with Crippen LogP contribution in [0.3, 0.4) is 0 Å². The lowest BCUT2D eigenvalue weighted by molar-refractivity contribution is 0.0487. The minimum absolute atomic E-state index is 0.507. The minimum Gasteiger partial charge on any atom is -0.309 e. The van der Waals surface area contributed by atoms with Crippen molar-refractivity contribution in [1.29, 1.82) is 0 Å². The molecule has 0 amide bonds. The summed E-state index contributed by atoms with van der Waals surface area (Å²) in [5, 5.41) is 3.78. The molecule has 2 aliphatic rings. The number of likely N-dealkylation sites (tertiary alicyclic amines) is 1. The molecule has 0 saturated carbocycles. The van der Waals surface area contributed by atoms with Crippen LogP contribution < -0.4 is 5.32 Å². The molecule has 1 aromatic carbocycles. The predicted octanol–water partition coefficient (Wildman–Crippen LogP) is 3.77. The van der Waals surface area contributed by atoms with Crippen molar-refractivity contribution in [2.45, 2.75) is 64.6 Å². The van der Waals surface area contributed by atoms with Crippen molar-refractivity contribution in [2.24, 2.45) is 5.92 Å². The Balaban J connectivity index is 1.87. The van der Waals surface area contributed by atoms with Crippen molar-refractivity contribution < 1.29 is 0 Å². The van der Waals surface area contributed by atoms with E-state index in [1.54, 1.807) is 11.1 Å². The normalized spacial score (nSPS) is 33.7. The summed E-state index contributed by atoms with van der Waals surface area (Å²) in [6.07, 6.45) is 5.29. The molecule has 0 radical (unpaired) electrons. The van der Waals surface area contributed by atoms with Crippen LogP contribution in [-0.2, 0) is 6.42 Å². The number of benzene rings is 1. The van der Waals surface area contributed by atoms with Crippen LogP contribution in [0.2, 0.25) is 0 Å². The molecule has 2 nitrogen and oxygen atoms in total. The summed E-state index contributed by atoms with van der Waals surface area (Å²) in [5.74, 6) is 0.848. The van der Waals surface area contributed by atoms with E-state index in [1.807, 2.05) is 0 Å². The number of rotatable bonds is 3. The van der Waals surface area contributed by atoms with Gasteiger partial charge in [0, 0.05) is 24.7 Å². The Morgan fingerprint density at radius 3 is 2.76 bits per heavy atom. The second kappa shape index (κ2) is 6.50. The monoisotopic (exact) mass is 286 g/mol. The average molecular weight is 286 g/mol. The van der Waals surface area contributed by atoms with E-state index in [-0.39, 0.29) is 0 Å². The first-order valence-electron chi connectivity index (χ1n) is 8.77. The van der Waals surface area contributed by atoms with Crippen molar-refractivity contribution >= 4 is 0 Å². The maximum Gasteiger partial charge on any atom is 0.0481 e. The van der Waals surface area contributed by atoms with Gasteiger partial charge in [0.2, 0.25) is 0 Å². The summed E-state index contributed by atoms with van der Waals surface area (Å²) >= 11 is 0. The van der Waals surface area contributed by atoms with Gasteiger partial charge in [0.15, 0.2) is 0 Å². The summed E-state index contributed by atoms with van der Waals surface area (Å²) in [6, 6.07) is 11.0. The van der Waals surface area contributed by atoms with E-state index < -0.39 is 0 Å². The first kappa shape index (κ1) is 15.1. The van der Waals surface area contributed by atoms with E-state index in [2.05, 4.69) is 55.3 Å². The molecule has 21 heavy (non-hydrogen) atoms. The molecular weight excluding hydrogens is 256 g/mol. The van der Waals surface area contributed by atoms with E-state index in [0.717, 1.165) is 18.5 Å². The number of hydrogen-bond donors (Lipinski definition) is 1. The highest BCUT2D eigenvalue weighted by Gasteiger charge is 2.36. The number of piperidine rings is 1. The molecule has 0 spiro atoms. The fourth-order valence-corrected chi connectivity index (χ4v) is 4.35. The Kier molecular flexibility index (Phi) is 4.66. The summed E-state index contributed by atoms with van der Waals surface area (Å²) in [5.41, 5.74) is 3.10. The second-order valence-electron chi connectivity index (χ2n) is 7.07. The molecule has 1 heterocycles. The summed E-state index contributed by atoms with van der Waals surface area (Å²) in [6.45, 7) is 9.40. The zero-order valence-corrected chi connectivity index (χ0v) is 13.8. The van der Waals surface area contributed by atoms with Gasteiger partial charge >= 0.3 is 0 Å². The van der Waals surface area contributed by atoms with E-state index in [1.165, 1.54) is 32.2 Å². The van der Waals surface area contributed by atoms with Crippen molar-refractivity contribution in [3.63, 3.8) is 0 Å². The van der Waals surface area contributed by atoms with Crippen LogP contribution in [0, 0.1) is 5.92 Å². The zero-order chi connectivity index (χ0) is 14.8. The molecule has 4 unspecified atom stereocenters. The molecule has 0 aromatic heterocycles. The SMILES string of the molecule is CCNC1c2ccccc2CCC1N1CC(C)CCC1C. The fourth-order valence-electron chi connectivity index (χ4n) is 4.35. The standard InChI is InChI=1S/C19H30N2/c1-4-20-19-17-8-6-5-7-16(17)11-12-18(19)21-13-14(2)9-10-15(21)3/h5-8,14-15,18-20H,4,9-13H2,1-3H3. The van der Waals surface area contributed by atoms with E-state index in [9.17, 15) is 0 Å². The lowest BCUT2D eigenvalue weighted by Crippen LogP contribution is -2.53. The second-order valence-corrected chi connectivity index (χ2v) is 7.07. The van der Waals surface area contributed by atoms with Gasteiger partial charge in [-0.1, -0.05) is 38.1 Å². The summed E-state index contributed by atoms with van der Waals surface area (Å²) < 4.78 is 0. The summed E-state index contributed by atoms with van der Waals surface area (Å²) in [4.78, 5) is 2.80. The molecular formula is C19H30N2. The van der Waals surface area contributed by atoms with Gasteiger partial charge in [0.25, 0.3) is 0 Å². The Morgan fingerprint density at radius 1 is 1.14 bits per heavy atom. The molecule has 1 aromatic rings. The topological polar surface area (TPSA) is 15.3 Å². The quantitative estimate of drug-likeness (QED) is 0.910. The Hall–Kier alpha value is -0.860. The van der Waals surface area contributed by atoms with E-state index in [4.69, 9.17) is 0 Å². The van der Waals surface area contributed by atoms with Crippen molar-refractivity contribution in [3.05, 3.63) is 35.4 Å². The van der Waals surface area contributed by atoms with Crippen LogP contribution in [-0.4, -0.2) is 30.1 Å². The van der Waals surface area contributed by atoms with Gasteiger partial charge in [-0.2, -0.15) is 0 Å². The highest BCUT2D eigenvalue weighted by atomic mass is 15.2. The maximum atomic E-state index is 3.78. The Morgan fingerprint density at radius 2 is 1.95 bits per heavy atom. The molecule has 1 fully saturated rings. The molecule has 1 N–H and O–H groups in total. The van der Waals surface area contributed by atoms with Gasteiger partial charge in [-0.25, -0.2) is 0 Å². The molecule has 1 aliphatic carbocycles. The van der Waals surface area contributed by atoms with E-state index in [0.29, 0.717) is 12.1 Å². The van der Waals surface area contributed by atoms with Crippen LogP contribution in [0.1, 0.15) is 57.2 Å². The van der Waals surface area contributed by atoms with E-state index >= 15 is 0 Å². The Bertz CT molecular complexity index is 470. The molecule has 0 bridgehead atoms. The largest absolute Gasteiger partial charge is 0.309 e. The first-order valence-corrected chi connectivity index (χ1v) is 8.77. The van der Waals surface area contributed by atoms with Crippen molar-refractivity contribution in [1.82, 2.24) is 10.2 Å². The third-order valence-electron chi connectivity index (χ3n) is 5.50. The number of hydrogen-bond acceptors (Lipinski definition) is 2. The minimum atomic E-state index is 0.507. The van der Waals surface area contributed by atoms with Gasteiger partial charge in [-0.3, -0.25) is 4.90 Å². The molecule has 2 heteroatoms. The highest BCUT2D eigenvalue weighted by molar-refractivity contribution is 5.34. The predicted molar refractivity (Wildman–Crippen MR) is 89.5 cm³/mol. The average Bonchev–Trinajstić information content (AvgIpc) is 2.50. The number of nitrogens with zero attached hydrogens (tertiary/aromatic N) is 1. The lowest BCUT2D eigenvalue weighted by atomic mass is 9.81. The molecule has 1 aliphatic heterocycles. The fraction of sp³-hybridized carbons (Fsp3) is 0.684. The lowest BCUT2D eigenvalue weighted by Gasteiger charge is -2.47. The number of nitrogens with one attached hydrogen (secondary N) is 1. The van der Waals surface area contributed by atoms with Crippen LogP contribution in [0.15, 0.2) is 24.3 Å². The number of likely N-dealkylation sites (N-methyl/N-ethyl adjacent to an activating group) is 1. The highest BCUT2D eigenvalue weighted by Crippen LogP contribution is 2.36. The van der Waals surface area contributed by atoms with Gasteiger partial charge in [-0.05, 0) is 56.2 Å². The van der Waals surface area contributed by atoms with Gasteiger partial charge < -0.3 is 5.32 Å². The molecule has 4 atom stereocenters. The third-order valence-corrected chi connectivity index (χ3v) is 5.50. The smallest absolute Gasteiger partial charge is 0.0481 e. The number of fused-ring (bicyclic) bond motifs is 1. The number of aryl methyl sites for hydroxylation is 1. The first-order chi connectivity index (χ1) is 10.2. The zero-order valence-electron chi connectivity index (χ0n) is 13.8. The van der Waals surface area contributed by atoms with Crippen LogP contribution in [0.5, 0.6) is 0 Å². The van der Waals surface area contributed by atoms with Gasteiger partial charge in [0.1, 0.15) is 0 Å². The van der Waals surface area contributed by atoms with Crippen molar-refractivity contribution in [3.8, 4) is 0 Å². The third kappa shape index (κ3) is 3.02. The van der Waals surface area contributed by atoms with Crippen molar-refractivity contribution in [2.75, 3.05) is 13.1 Å². The van der Waals surface area contributed by atoms with Crippen LogP contribution in [0.4, 0.5) is 0 Å².